The molecule has 2 aromatic carbocycles. The Balaban J connectivity index is 1.72. The van der Waals surface area contributed by atoms with Crippen LogP contribution in [0.5, 0.6) is 5.75 Å². The molecule has 1 aliphatic heterocycles. The van der Waals surface area contributed by atoms with Crippen LogP contribution in [-0.2, 0) is 4.79 Å². The van der Waals surface area contributed by atoms with Gasteiger partial charge in [-0.3, -0.25) is 9.59 Å². The van der Waals surface area contributed by atoms with Gasteiger partial charge in [0, 0.05) is 24.3 Å². The molecule has 0 unspecified atom stereocenters. The molecule has 0 aliphatic carbocycles. The summed E-state index contributed by atoms with van der Waals surface area (Å²) < 4.78 is 5.49. The number of benzene rings is 2. The Hall–Kier alpha value is -2.82. The number of ether oxygens (including phenoxy) is 1. The van der Waals surface area contributed by atoms with Crippen molar-refractivity contribution in [2.45, 2.75) is 19.8 Å². The molecule has 1 fully saturated rings. The molecule has 5 heteroatoms. The summed E-state index contributed by atoms with van der Waals surface area (Å²) in [4.78, 5) is 26.0. The summed E-state index contributed by atoms with van der Waals surface area (Å²) in [5.74, 6) is 0.498. The fourth-order valence-corrected chi connectivity index (χ4v) is 2.78. The lowest BCUT2D eigenvalue weighted by Gasteiger charge is -2.16. The van der Waals surface area contributed by atoms with E-state index in [1.165, 1.54) is 0 Å². The van der Waals surface area contributed by atoms with Crippen molar-refractivity contribution in [2.75, 3.05) is 23.4 Å². The summed E-state index contributed by atoms with van der Waals surface area (Å²) in [6, 6.07) is 14.5. The lowest BCUT2D eigenvalue weighted by Crippen LogP contribution is -2.23. The Labute approximate surface area is 141 Å². The topological polar surface area (TPSA) is 58.6 Å². The highest BCUT2D eigenvalue weighted by atomic mass is 16.5. The van der Waals surface area contributed by atoms with E-state index in [2.05, 4.69) is 5.32 Å². The Morgan fingerprint density at radius 2 is 1.92 bits per heavy atom. The molecular formula is C19H20N2O3. The smallest absolute Gasteiger partial charge is 0.259 e. The maximum absolute atomic E-state index is 12.4. The van der Waals surface area contributed by atoms with Crippen LogP contribution in [0.25, 0.3) is 0 Å². The number of nitrogens with zero attached hydrogens (tertiary/aromatic N) is 1. The van der Waals surface area contributed by atoms with Gasteiger partial charge in [-0.2, -0.15) is 0 Å². The van der Waals surface area contributed by atoms with Crippen molar-refractivity contribution in [2.24, 2.45) is 0 Å². The van der Waals surface area contributed by atoms with Crippen molar-refractivity contribution >= 4 is 23.2 Å². The molecule has 1 aliphatic rings. The highest BCUT2D eigenvalue weighted by Crippen LogP contribution is 2.24. The molecule has 0 radical (unpaired) electrons. The van der Waals surface area contributed by atoms with Gasteiger partial charge in [0.1, 0.15) is 5.75 Å². The van der Waals surface area contributed by atoms with E-state index in [0.717, 1.165) is 18.7 Å². The molecule has 0 spiro atoms. The lowest BCUT2D eigenvalue weighted by atomic mass is 10.1. The summed E-state index contributed by atoms with van der Waals surface area (Å²) in [5.41, 5.74) is 2.05. The van der Waals surface area contributed by atoms with Gasteiger partial charge in [-0.15, -0.1) is 0 Å². The van der Waals surface area contributed by atoms with Crippen LogP contribution in [0.3, 0.4) is 0 Å². The molecule has 1 heterocycles. The summed E-state index contributed by atoms with van der Waals surface area (Å²) in [7, 11) is 0. The maximum atomic E-state index is 12.4. The van der Waals surface area contributed by atoms with Crippen LogP contribution < -0.4 is 15.0 Å². The fraction of sp³-hybridized carbons (Fsp3) is 0.263. The third-order valence-electron chi connectivity index (χ3n) is 3.94. The Bertz CT molecular complexity index is 741. The van der Waals surface area contributed by atoms with Crippen molar-refractivity contribution in [1.29, 1.82) is 0 Å². The first-order chi connectivity index (χ1) is 11.7. The van der Waals surface area contributed by atoms with Crippen LogP contribution >= 0.6 is 0 Å². The predicted octanol–water partition coefficient (Wildman–Crippen LogP) is 3.46. The van der Waals surface area contributed by atoms with Gasteiger partial charge in [-0.1, -0.05) is 12.1 Å². The van der Waals surface area contributed by atoms with Crippen molar-refractivity contribution in [3.63, 3.8) is 0 Å². The van der Waals surface area contributed by atoms with Crippen LogP contribution in [0.2, 0.25) is 0 Å². The zero-order valence-corrected chi connectivity index (χ0v) is 13.6. The number of amides is 2. The fourth-order valence-electron chi connectivity index (χ4n) is 2.78. The number of hydrogen-bond donors (Lipinski definition) is 1. The second-order valence-corrected chi connectivity index (χ2v) is 5.58. The van der Waals surface area contributed by atoms with Crippen LogP contribution in [0.1, 0.15) is 30.1 Å². The molecule has 5 nitrogen and oxygen atoms in total. The maximum Gasteiger partial charge on any atom is 0.259 e. The lowest BCUT2D eigenvalue weighted by molar-refractivity contribution is -0.117. The van der Waals surface area contributed by atoms with Gasteiger partial charge < -0.3 is 15.0 Å². The Morgan fingerprint density at radius 3 is 2.58 bits per heavy atom. The molecular weight excluding hydrogens is 304 g/mol. The van der Waals surface area contributed by atoms with Gasteiger partial charge in [0.05, 0.1) is 12.2 Å². The van der Waals surface area contributed by atoms with Gasteiger partial charge in [-0.25, -0.2) is 0 Å². The molecule has 0 atom stereocenters. The highest BCUT2D eigenvalue weighted by molar-refractivity contribution is 6.06. The largest absolute Gasteiger partial charge is 0.493 e. The molecule has 0 saturated carbocycles. The minimum Gasteiger partial charge on any atom is -0.493 e. The highest BCUT2D eigenvalue weighted by Gasteiger charge is 2.21. The van der Waals surface area contributed by atoms with Crippen molar-refractivity contribution in [3.8, 4) is 5.75 Å². The van der Waals surface area contributed by atoms with Gasteiger partial charge in [0.25, 0.3) is 5.91 Å². The number of nitrogens with one attached hydrogen (secondary N) is 1. The third kappa shape index (κ3) is 3.40. The molecule has 0 aromatic heterocycles. The molecule has 0 bridgehead atoms. The quantitative estimate of drug-likeness (QED) is 0.916. The Kier molecular flexibility index (Phi) is 4.79. The van der Waals surface area contributed by atoms with Crippen molar-refractivity contribution in [1.82, 2.24) is 0 Å². The van der Waals surface area contributed by atoms with Crippen molar-refractivity contribution < 1.29 is 14.3 Å². The van der Waals surface area contributed by atoms with Crippen LogP contribution in [-0.4, -0.2) is 25.0 Å². The van der Waals surface area contributed by atoms with E-state index in [1.807, 2.05) is 37.3 Å². The molecule has 24 heavy (non-hydrogen) atoms. The van der Waals surface area contributed by atoms with E-state index in [1.54, 1.807) is 23.1 Å². The minimum atomic E-state index is -0.218. The monoisotopic (exact) mass is 324 g/mol. The number of hydrogen-bond acceptors (Lipinski definition) is 3. The Morgan fingerprint density at radius 1 is 1.17 bits per heavy atom. The first-order valence-electron chi connectivity index (χ1n) is 8.12. The predicted molar refractivity (Wildman–Crippen MR) is 93.6 cm³/mol. The molecule has 3 rings (SSSR count). The third-order valence-corrected chi connectivity index (χ3v) is 3.94. The van der Waals surface area contributed by atoms with E-state index >= 15 is 0 Å². The van der Waals surface area contributed by atoms with Gasteiger partial charge in [-0.05, 0) is 49.7 Å². The standard InChI is InChI=1S/C19H20N2O3/c1-2-24-17-7-4-3-6-16(17)19(23)20-14-9-11-15(12-10-14)21-13-5-8-18(21)22/h3-4,6-7,9-12H,2,5,8,13H2,1H3,(H,20,23). The number of carbonyl (C=O) groups excluding carboxylic acids is 2. The molecule has 2 amide bonds. The number of rotatable bonds is 5. The van der Waals surface area contributed by atoms with Gasteiger partial charge >= 0.3 is 0 Å². The normalized spacial score (nSPS) is 13.9. The molecule has 1 N–H and O–H groups in total. The van der Waals surface area contributed by atoms with E-state index in [9.17, 15) is 9.59 Å². The summed E-state index contributed by atoms with van der Waals surface area (Å²) >= 11 is 0. The average Bonchev–Trinajstić information content (AvgIpc) is 3.02. The van der Waals surface area contributed by atoms with Crippen LogP contribution in [0.15, 0.2) is 48.5 Å². The van der Waals surface area contributed by atoms with E-state index in [0.29, 0.717) is 30.0 Å². The van der Waals surface area contributed by atoms with Crippen LogP contribution in [0, 0.1) is 0 Å². The second-order valence-electron chi connectivity index (χ2n) is 5.58. The molecule has 1 saturated heterocycles. The van der Waals surface area contributed by atoms with E-state index < -0.39 is 0 Å². The number of anilines is 2. The minimum absolute atomic E-state index is 0.150. The molecule has 124 valence electrons. The van der Waals surface area contributed by atoms with Gasteiger partial charge in [0.15, 0.2) is 0 Å². The summed E-state index contributed by atoms with van der Waals surface area (Å²) in [6.45, 7) is 3.14. The van der Waals surface area contributed by atoms with Gasteiger partial charge in [0.2, 0.25) is 5.91 Å². The SMILES string of the molecule is CCOc1ccccc1C(=O)Nc1ccc(N2CCCC2=O)cc1. The second kappa shape index (κ2) is 7.17. The zero-order chi connectivity index (χ0) is 16.9. The van der Waals surface area contributed by atoms with E-state index in [4.69, 9.17) is 4.74 Å². The summed E-state index contributed by atoms with van der Waals surface area (Å²) in [6.07, 6.45) is 1.50. The summed E-state index contributed by atoms with van der Waals surface area (Å²) in [5, 5.41) is 2.86. The zero-order valence-electron chi connectivity index (χ0n) is 13.6. The first kappa shape index (κ1) is 16.1. The van der Waals surface area contributed by atoms with E-state index in [-0.39, 0.29) is 11.8 Å². The number of para-hydroxylation sites is 1. The van der Waals surface area contributed by atoms with Crippen molar-refractivity contribution in [3.05, 3.63) is 54.1 Å². The average molecular weight is 324 g/mol. The first-order valence-corrected chi connectivity index (χ1v) is 8.12. The van der Waals surface area contributed by atoms with Crippen LogP contribution in [0.4, 0.5) is 11.4 Å². The molecule has 2 aromatic rings. The number of carbonyl (C=O) groups is 2.